The zero-order valence-corrected chi connectivity index (χ0v) is 15.2. The number of rotatable bonds is 4. The van der Waals surface area contributed by atoms with Gasteiger partial charge in [0.05, 0.1) is 17.8 Å². The molecule has 1 fully saturated rings. The molecule has 0 atom stereocenters. The van der Waals surface area contributed by atoms with Crippen LogP contribution >= 0.6 is 11.6 Å². The first-order chi connectivity index (χ1) is 12.6. The van der Waals surface area contributed by atoms with Crippen LogP contribution < -0.4 is 17.1 Å². The predicted octanol–water partition coefficient (Wildman–Crippen LogP) is 2.40. The number of nitrogens with one attached hydrogen (secondary N) is 1. The molecule has 1 aliphatic carbocycles. The normalized spacial score (nSPS) is 14.8. The summed E-state index contributed by atoms with van der Waals surface area (Å²) in [6, 6.07) is 8.05. The molecular weight excluding hydrogens is 350 g/mol. The van der Waals surface area contributed by atoms with Gasteiger partial charge in [0.1, 0.15) is 5.52 Å². The number of halogens is 1. The van der Waals surface area contributed by atoms with Gasteiger partial charge in [-0.2, -0.15) is 10.2 Å². The van der Waals surface area contributed by atoms with Gasteiger partial charge in [-0.05, 0) is 48.9 Å². The van der Waals surface area contributed by atoms with Gasteiger partial charge in [0.25, 0.3) is 0 Å². The quantitative estimate of drug-likeness (QED) is 0.283. The molecule has 0 radical (unpaired) electrons. The van der Waals surface area contributed by atoms with E-state index < -0.39 is 0 Å². The van der Waals surface area contributed by atoms with E-state index in [1.807, 2.05) is 29.8 Å². The Morgan fingerprint density at radius 1 is 1.42 bits per heavy atom. The van der Waals surface area contributed by atoms with Crippen LogP contribution in [0, 0.1) is 6.92 Å². The van der Waals surface area contributed by atoms with Crippen LogP contribution in [0.5, 0.6) is 0 Å². The Labute approximate surface area is 156 Å². The summed E-state index contributed by atoms with van der Waals surface area (Å²) in [5.74, 6) is 11.8. The average Bonchev–Trinajstić information content (AvgIpc) is 3.44. The number of hydrogen-bond acceptors (Lipinski definition) is 5. The van der Waals surface area contributed by atoms with Crippen molar-refractivity contribution in [2.24, 2.45) is 16.8 Å². The first-order valence-corrected chi connectivity index (χ1v) is 8.85. The van der Waals surface area contributed by atoms with Crippen LogP contribution in [0.25, 0.3) is 11.0 Å². The van der Waals surface area contributed by atoms with Gasteiger partial charge in [-0.3, -0.25) is 9.67 Å². The summed E-state index contributed by atoms with van der Waals surface area (Å²) < 4.78 is 1.93. The summed E-state index contributed by atoms with van der Waals surface area (Å²) >= 11 is 6.52. The van der Waals surface area contributed by atoms with Crippen LogP contribution in [-0.4, -0.2) is 20.6 Å². The second kappa shape index (κ2) is 6.59. The van der Waals surface area contributed by atoms with Crippen LogP contribution in [0.2, 0.25) is 5.02 Å². The van der Waals surface area contributed by atoms with Gasteiger partial charge >= 0.3 is 0 Å². The van der Waals surface area contributed by atoms with E-state index in [2.05, 4.69) is 26.7 Å². The standard InChI is InChI=1S/C18H20ClN7/c1-10-17-16(7-12(8-22-17)18(23-20)24-21)26(25-10)9-14-13(11-5-6-11)3-2-4-15(14)19/h2-4,7-8,11H,5-6,9,20-21H2,1H3,(H,23,24). The van der Waals surface area contributed by atoms with Crippen molar-refractivity contribution in [3.05, 3.63) is 57.9 Å². The minimum Gasteiger partial charge on any atom is -0.321 e. The highest BCUT2D eigenvalue weighted by molar-refractivity contribution is 6.31. The number of hydrogen-bond donors (Lipinski definition) is 3. The van der Waals surface area contributed by atoms with Crippen molar-refractivity contribution >= 4 is 28.5 Å². The first kappa shape index (κ1) is 16.8. The number of hydrazone groups is 1. The second-order valence-electron chi connectivity index (χ2n) is 6.54. The van der Waals surface area contributed by atoms with E-state index in [4.69, 9.17) is 23.3 Å². The Morgan fingerprint density at radius 2 is 2.23 bits per heavy atom. The molecule has 1 saturated carbocycles. The number of hydrazine groups is 1. The predicted molar refractivity (Wildman–Crippen MR) is 103 cm³/mol. The SMILES string of the molecule is Cc1nn(Cc2c(Cl)cccc2C2CC2)c2cc(/C(=N/N)NN)cnc12. The molecular formula is C18H20ClN7. The van der Waals surface area contributed by atoms with Crippen molar-refractivity contribution in [2.45, 2.75) is 32.2 Å². The van der Waals surface area contributed by atoms with Crippen LogP contribution in [0.1, 0.15) is 41.1 Å². The highest BCUT2D eigenvalue weighted by Crippen LogP contribution is 2.43. The fourth-order valence-corrected chi connectivity index (χ4v) is 3.57. The minimum absolute atomic E-state index is 0.362. The summed E-state index contributed by atoms with van der Waals surface area (Å²) in [6.07, 6.45) is 4.12. The third-order valence-electron chi connectivity index (χ3n) is 4.78. The van der Waals surface area contributed by atoms with E-state index in [0.29, 0.717) is 23.9 Å². The molecule has 0 unspecified atom stereocenters. The fraction of sp³-hybridized carbons (Fsp3) is 0.278. The Balaban J connectivity index is 1.81. The maximum Gasteiger partial charge on any atom is 0.168 e. The summed E-state index contributed by atoms with van der Waals surface area (Å²) in [7, 11) is 0. The lowest BCUT2D eigenvalue weighted by molar-refractivity contribution is 0.697. The number of pyridine rings is 1. The lowest BCUT2D eigenvalue weighted by Crippen LogP contribution is -2.32. The molecule has 134 valence electrons. The number of aryl methyl sites for hydroxylation is 1. The highest BCUT2D eigenvalue weighted by Gasteiger charge is 2.27. The van der Waals surface area contributed by atoms with Crippen LogP contribution in [0.15, 0.2) is 35.6 Å². The van der Waals surface area contributed by atoms with Gasteiger partial charge in [0.15, 0.2) is 5.84 Å². The van der Waals surface area contributed by atoms with Gasteiger partial charge in [-0.15, -0.1) is 0 Å². The van der Waals surface area contributed by atoms with Gasteiger partial charge in [0.2, 0.25) is 0 Å². The molecule has 1 aliphatic rings. The van der Waals surface area contributed by atoms with Crippen molar-refractivity contribution in [2.75, 3.05) is 0 Å². The summed E-state index contributed by atoms with van der Waals surface area (Å²) in [5, 5.41) is 9.10. The summed E-state index contributed by atoms with van der Waals surface area (Å²) in [6.45, 7) is 2.53. The van der Waals surface area contributed by atoms with E-state index in [9.17, 15) is 0 Å². The van der Waals surface area contributed by atoms with E-state index in [1.54, 1.807) is 6.20 Å². The molecule has 26 heavy (non-hydrogen) atoms. The van der Waals surface area contributed by atoms with Gasteiger partial charge in [-0.25, -0.2) is 5.84 Å². The summed E-state index contributed by atoms with van der Waals surface area (Å²) in [5.41, 5.74) is 8.20. The molecule has 0 saturated heterocycles. The molecule has 0 spiro atoms. The van der Waals surface area contributed by atoms with Crippen molar-refractivity contribution in [1.29, 1.82) is 0 Å². The number of amidine groups is 1. The molecule has 0 bridgehead atoms. The summed E-state index contributed by atoms with van der Waals surface area (Å²) in [4.78, 5) is 4.50. The average molecular weight is 370 g/mol. The molecule has 8 heteroatoms. The topological polar surface area (TPSA) is 107 Å². The van der Waals surface area contributed by atoms with Crippen molar-refractivity contribution < 1.29 is 0 Å². The van der Waals surface area contributed by atoms with Crippen molar-refractivity contribution in [3.8, 4) is 0 Å². The largest absolute Gasteiger partial charge is 0.321 e. The van der Waals surface area contributed by atoms with E-state index in [0.717, 1.165) is 27.3 Å². The smallest absolute Gasteiger partial charge is 0.168 e. The van der Waals surface area contributed by atoms with Crippen molar-refractivity contribution in [3.63, 3.8) is 0 Å². The highest BCUT2D eigenvalue weighted by atomic mass is 35.5. The fourth-order valence-electron chi connectivity index (χ4n) is 3.32. The third-order valence-corrected chi connectivity index (χ3v) is 5.13. The molecule has 0 aliphatic heterocycles. The maximum atomic E-state index is 6.52. The van der Waals surface area contributed by atoms with Crippen LogP contribution in [-0.2, 0) is 6.54 Å². The molecule has 4 rings (SSSR count). The molecule has 3 aromatic rings. The Hall–Kier alpha value is -2.64. The van der Waals surface area contributed by atoms with Gasteiger partial charge < -0.3 is 11.3 Å². The Kier molecular flexibility index (Phi) is 4.26. The second-order valence-corrected chi connectivity index (χ2v) is 6.95. The Bertz CT molecular complexity index is 1000. The zero-order chi connectivity index (χ0) is 18.3. The minimum atomic E-state index is 0.362. The molecule has 2 heterocycles. The van der Waals surface area contributed by atoms with E-state index in [-0.39, 0.29) is 0 Å². The van der Waals surface area contributed by atoms with E-state index >= 15 is 0 Å². The molecule has 1 aromatic carbocycles. The molecule has 0 amide bonds. The maximum absolute atomic E-state index is 6.52. The number of aromatic nitrogens is 3. The first-order valence-electron chi connectivity index (χ1n) is 8.47. The zero-order valence-electron chi connectivity index (χ0n) is 14.4. The molecule has 5 N–H and O–H groups in total. The number of fused-ring (bicyclic) bond motifs is 1. The van der Waals surface area contributed by atoms with Gasteiger partial charge in [-0.1, -0.05) is 23.7 Å². The van der Waals surface area contributed by atoms with E-state index in [1.165, 1.54) is 18.4 Å². The van der Waals surface area contributed by atoms with Crippen LogP contribution in [0.4, 0.5) is 0 Å². The Morgan fingerprint density at radius 3 is 2.92 bits per heavy atom. The monoisotopic (exact) mass is 369 g/mol. The molecule has 7 nitrogen and oxygen atoms in total. The number of benzene rings is 1. The lowest BCUT2D eigenvalue weighted by atomic mass is 10.0. The lowest BCUT2D eigenvalue weighted by Gasteiger charge is -2.12. The van der Waals surface area contributed by atoms with Gasteiger partial charge in [0, 0.05) is 16.8 Å². The number of nitrogens with zero attached hydrogens (tertiary/aromatic N) is 4. The third kappa shape index (κ3) is 2.89. The number of nitrogens with two attached hydrogens (primary N) is 2. The van der Waals surface area contributed by atoms with Crippen LogP contribution in [0.3, 0.4) is 0 Å². The van der Waals surface area contributed by atoms with Crippen molar-refractivity contribution in [1.82, 2.24) is 20.2 Å². The molecule has 2 aromatic heterocycles.